The average molecular weight is 941 g/mol. The molecule has 3 atom stereocenters. The molecule has 4 N–H and O–H groups in total. The maximum Gasteiger partial charge on any atom is 0.329 e. The molecule has 5 aromatic rings. The Morgan fingerprint density at radius 1 is 0.884 bits per heavy atom. The molecule has 69 heavy (non-hydrogen) atoms. The number of nitrogens with zero attached hydrogens (tertiary/aromatic N) is 4. The van der Waals surface area contributed by atoms with Crippen LogP contribution >= 0.6 is 0 Å². The van der Waals surface area contributed by atoms with Crippen molar-refractivity contribution >= 4 is 51.1 Å². The minimum absolute atomic E-state index is 0.146. The number of rotatable bonds is 12. The number of halogens is 2. The minimum atomic E-state index is -2.88. The molecule has 362 valence electrons. The number of hydrogen-bond acceptors (Lipinski definition) is 8. The molecule has 4 saturated heterocycles. The number of benzene rings is 4. The van der Waals surface area contributed by atoms with E-state index in [-0.39, 0.29) is 54.9 Å². The van der Waals surface area contributed by atoms with Gasteiger partial charge in [-0.1, -0.05) is 54.3 Å². The number of anilines is 1. The Kier molecular flexibility index (Phi) is 14.0. The molecule has 1 unspecified atom stereocenters. The molecule has 4 aliphatic rings. The van der Waals surface area contributed by atoms with E-state index in [1.165, 1.54) is 4.57 Å². The number of carbonyl (C=O) groups excluding carboxylic acids is 4. The van der Waals surface area contributed by atoms with E-state index >= 15 is 0 Å². The van der Waals surface area contributed by atoms with Crippen LogP contribution in [0.5, 0.6) is 0 Å². The fraction of sp³-hybridized carbons (Fsp3) is 0.463. The summed E-state index contributed by atoms with van der Waals surface area (Å²) in [5.74, 6) is 3.92. The van der Waals surface area contributed by atoms with E-state index < -0.39 is 23.9 Å². The molecule has 4 fully saturated rings. The number of aromatic nitrogens is 2. The van der Waals surface area contributed by atoms with Crippen molar-refractivity contribution in [2.75, 3.05) is 51.1 Å². The lowest BCUT2D eigenvalue weighted by atomic mass is 9.89. The van der Waals surface area contributed by atoms with Gasteiger partial charge >= 0.3 is 5.69 Å². The number of imide groups is 1. The van der Waals surface area contributed by atoms with E-state index in [0.29, 0.717) is 48.6 Å². The summed E-state index contributed by atoms with van der Waals surface area (Å²) in [6.07, 6.45) is 6.54. The Labute approximate surface area is 401 Å². The molecule has 5 heterocycles. The average Bonchev–Trinajstić information content (AvgIpc) is 3.81. The van der Waals surface area contributed by atoms with Crippen molar-refractivity contribution in [3.05, 3.63) is 111 Å². The van der Waals surface area contributed by atoms with E-state index in [9.17, 15) is 32.8 Å². The van der Waals surface area contributed by atoms with Crippen molar-refractivity contribution in [1.29, 1.82) is 0 Å². The quantitative estimate of drug-likeness (QED) is 0.0598. The smallest absolute Gasteiger partial charge is 0.329 e. The van der Waals surface area contributed by atoms with Gasteiger partial charge in [-0.05, 0) is 142 Å². The Balaban J connectivity index is 0.716. The maximum atomic E-state index is 14.3. The summed E-state index contributed by atoms with van der Waals surface area (Å²) in [5.41, 5.74) is 5.88. The third kappa shape index (κ3) is 10.3. The standard InChI is InChI=1S/C54H62F2N8O5/c1-34-11-16-40(59-48-32-57-33-54(48,55)56)31-44(34)51(67)58-35(2)41-17-14-38(42-8-4-5-9-43(41)42)13-12-36-21-26-62(27-22-36)25-7-6-10-50(66)63-28-23-37(24-29-63)39-15-18-45-47(30-39)61(3)53(69)64(45)46-19-20-49(65)60-52(46)68/h4-5,8-9,11,14-18,30-31,35-37,46,48,57,59H,6-7,10,19-29,32-33H2,1-3H3,(H,58,67)(H,60,65,68)/t35-,46?,48-/m1/s1. The molecule has 0 aliphatic carbocycles. The van der Waals surface area contributed by atoms with Gasteiger partial charge in [0.1, 0.15) is 12.1 Å². The van der Waals surface area contributed by atoms with Gasteiger partial charge < -0.3 is 25.8 Å². The number of hydrogen-bond donors (Lipinski definition) is 4. The van der Waals surface area contributed by atoms with Gasteiger partial charge in [0.2, 0.25) is 17.7 Å². The molecule has 0 spiro atoms. The van der Waals surface area contributed by atoms with Gasteiger partial charge in [0.15, 0.2) is 0 Å². The van der Waals surface area contributed by atoms with Crippen molar-refractivity contribution < 1.29 is 28.0 Å². The molecule has 15 heteroatoms. The van der Waals surface area contributed by atoms with Crippen LogP contribution in [0.4, 0.5) is 14.5 Å². The monoisotopic (exact) mass is 940 g/mol. The summed E-state index contributed by atoms with van der Waals surface area (Å²) < 4.78 is 31.6. The normalized spacial score (nSPS) is 20.7. The zero-order valence-electron chi connectivity index (χ0n) is 39.7. The number of amides is 4. The zero-order chi connectivity index (χ0) is 48.4. The predicted molar refractivity (Wildman–Crippen MR) is 263 cm³/mol. The molecule has 4 aromatic carbocycles. The lowest BCUT2D eigenvalue weighted by molar-refractivity contribution is -0.136. The molecule has 0 bridgehead atoms. The molecule has 0 saturated carbocycles. The largest absolute Gasteiger partial charge is 0.375 e. The van der Waals surface area contributed by atoms with Crippen LogP contribution in [-0.2, 0) is 21.4 Å². The molecule has 4 amide bonds. The lowest BCUT2D eigenvalue weighted by Crippen LogP contribution is -2.44. The van der Waals surface area contributed by atoms with E-state index in [0.717, 1.165) is 96.7 Å². The first-order valence-electron chi connectivity index (χ1n) is 24.6. The van der Waals surface area contributed by atoms with E-state index in [1.807, 2.05) is 61.2 Å². The van der Waals surface area contributed by atoms with Gasteiger partial charge in [-0.2, -0.15) is 0 Å². The van der Waals surface area contributed by atoms with Crippen LogP contribution < -0.4 is 27.0 Å². The van der Waals surface area contributed by atoms with Crippen molar-refractivity contribution in [1.82, 2.24) is 34.9 Å². The Morgan fingerprint density at radius 3 is 2.39 bits per heavy atom. The fourth-order valence-electron chi connectivity index (χ4n) is 10.7. The van der Waals surface area contributed by atoms with Crippen LogP contribution in [0.1, 0.15) is 115 Å². The number of piperidine rings is 3. The molecular formula is C54H62F2N8O5. The minimum Gasteiger partial charge on any atom is -0.375 e. The van der Waals surface area contributed by atoms with Crippen LogP contribution in [-0.4, -0.2) is 100 Å². The summed E-state index contributed by atoms with van der Waals surface area (Å²) in [4.78, 5) is 68.9. The van der Waals surface area contributed by atoms with Gasteiger partial charge in [-0.15, -0.1) is 0 Å². The fourth-order valence-corrected chi connectivity index (χ4v) is 10.7. The first kappa shape index (κ1) is 47.7. The highest BCUT2D eigenvalue weighted by Gasteiger charge is 2.44. The third-order valence-electron chi connectivity index (χ3n) is 14.9. The van der Waals surface area contributed by atoms with Crippen molar-refractivity contribution in [2.45, 2.75) is 102 Å². The predicted octanol–water partition coefficient (Wildman–Crippen LogP) is 6.93. The van der Waals surface area contributed by atoms with E-state index in [1.54, 1.807) is 29.8 Å². The molecule has 1 aromatic heterocycles. The molecular weight excluding hydrogens is 879 g/mol. The molecule has 4 aliphatic heterocycles. The topological polar surface area (TPSA) is 150 Å². The van der Waals surface area contributed by atoms with Gasteiger partial charge in [-0.3, -0.25) is 33.6 Å². The van der Waals surface area contributed by atoms with E-state index in [2.05, 4.69) is 50.1 Å². The van der Waals surface area contributed by atoms with Crippen molar-refractivity contribution in [3.63, 3.8) is 0 Å². The van der Waals surface area contributed by atoms with Crippen molar-refractivity contribution in [2.24, 2.45) is 13.0 Å². The Morgan fingerprint density at radius 2 is 1.65 bits per heavy atom. The number of likely N-dealkylation sites (tertiary alicyclic amines) is 2. The van der Waals surface area contributed by atoms with E-state index in [4.69, 9.17) is 0 Å². The van der Waals surface area contributed by atoms with Crippen LogP contribution in [0.25, 0.3) is 21.8 Å². The summed E-state index contributed by atoms with van der Waals surface area (Å²) in [5, 5.41) is 13.2. The number of aryl methyl sites for hydroxylation is 2. The Bertz CT molecular complexity index is 2900. The third-order valence-corrected chi connectivity index (χ3v) is 14.9. The van der Waals surface area contributed by atoms with Gasteiger partial charge in [-0.25, -0.2) is 13.6 Å². The van der Waals surface area contributed by atoms with Crippen LogP contribution in [0, 0.1) is 24.7 Å². The molecule has 13 nitrogen and oxygen atoms in total. The summed E-state index contributed by atoms with van der Waals surface area (Å²) >= 11 is 0. The first-order chi connectivity index (χ1) is 33.2. The number of carbonyl (C=O) groups is 4. The van der Waals surface area contributed by atoms with Gasteiger partial charge in [0, 0.05) is 62.3 Å². The van der Waals surface area contributed by atoms with Crippen LogP contribution in [0.15, 0.2) is 77.6 Å². The van der Waals surface area contributed by atoms with Crippen molar-refractivity contribution in [3.8, 4) is 11.8 Å². The highest BCUT2D eigenvalue weighted by Crippen LogP contribution is 2.33. The van der Waals surface area contributed by atoms with Crippen LogP contribution in [0.3, 0.4) is 0 Å². The SMILES string of the molecule is Cc1ccc(N[C@@H]2CNCC2(F)F)cc1C(=O)N[C@H](C)c1ccc(C#CC2CCN(CCCCC(=O)N3CCC(c4ccc5c(c4)n(C)c(=O)n5C4CCC(=O)NC4=O)CC3)CC2)c2ccccc12. The van der Waals surface area contributed by atoms with Gasteiger partial charge in [0.25, 0.3) is 11.8 Å². The second-order valence-electron chi connectivity index (χ2n) is 19.5. The number of imidazole rings is 1. The van der Waals surface area contributed by atoms with Gasteiger partial charge in [0.05, 0.1) is 23.6 Å². The number of fused-ring (bicyclic) bond motifs is 2. The highest BCUT2D eigenvalue weighted by molar-refractivity contribution is 6.00. The second-order valence-corrected chi connectivity index (χ2v) is 19.5. The first-order valence-corrected chi connectivity index (χ1v) is 24.6. The van der Waals surface area contributed by atoms with Crippen LogP contribution in [0.2, 0.25) is 0 Å². The highest BCUT2D eigenvalue weighted by atomic mass is 19.3. The summed E-state index contributed by atoms with van der Waals surface area (Å²) in [7, 11) is 1.71. The second kappa shape index (κ2) is 20.3. The number of unbranched alkanes of at least 4 members (excludes halogenated alkanes) is 1. The maximum absolute atomic E-state index is 14.3. The molecule has 0 radical (unpaired) electrons. The molecule has 9 rings (SSSR count). The Hall–Kier alpha value is -6.37. The number of alkyl halides is 2. The summed E-state index contributed by atoms with van der Waals surface area (Å²) in [6, 6.07) is 21.3. The number of nitrogens with one attached hydrogen (secondary N) is 4. The summed E-state index contributed by atoms with van der Waals surface area (Å²) in [6.45, 7) is 7.88. The lowest BCUT2D eigenvalue weighted by Gasteiger charge is -2.32. The zero-order valence-corrected chi connectivity index (χ0v) is 39.7.